The number of nitrogens with zero attached hydrogens (tertiary/aromatic N) is 1. The number of piperidine rings is 1. The van der Waals surface area contributed by atoms with Gasteiger partial charge in [0.2, 0.25) is 0 Å². The Morgan fingerprint density at radius 2 is 2.36 bits per heavy atom. The van der Waals surface area contributed by atoms with E-state index in [1.165, 1.54) is 4.90 Å². The molecule has 3 nitrogen and oxygen atoms in total. The Hall–Kier alpha value is -1.17. The maximum atomic E-state index is 10.6. The Balaban J connectivity index is 2.16. The third-order valence-electron chi connectivity index (χ3n) is 2.52. The second kappa shape index (κ2) is 1.91. The van der Waals surface area contributed by atoms with Crippen molar-refractivity contribution in [3.05, 3.63) is 0 Å². The van der Waals surface area contributed by atoms with Crippen LogP contribution in [0.2, 0.25) is 0 Å². The maximum Gasteiger partial charge on any atom is 0.408 e. The molecule has 0 aromatic rings. The van der Waals surface area contributed by atoms with Crippen LogP contribution in [0.1, 0.15) is 12.8 Å². The van der Waals surface area contributed by atoms with Crippen LogP contribution in [0.25, 0.3) is 0 Å². The summed E-state index contributed by atoms with van der Waals surface area (Å²) in [5.74, 6) is 3.06. The summed E-state index contributed by atoms with van der Waals surface area (Å²) < 4.78 is 0. The van der Waals surface area contributed by atoms with Crippen LogP contribution in [0.4, 0.5) is 4.79 Å². The van der Waals surface area contributed by atoms with Crippen molar-refractivity contribution in [3.8, 4) is 12.3 Å². The highest BCUT2D eigenvalue weighted by molar-refractivity contribution is 5.68. The lowest BCUT2D eigenvalue weighted by atomic mass is 10.2. The van der Waals surface area contributed by atoms with Crippen LogP contribution < -0.4 is 0 Å². The zero-order valence-corrected chi connectivity index (χ0v) is 6.03. The highest BCUT2D eigenvalue weighted by atomic mass is 16.4. The normalized spacial score (nSPS) is 39.5. The fourth-order valence-electron chi connectivity index (χ4n) is 1.88. The van der Waals surface area contributed by atoms with Crippen LogP contribution in [-0.4, -0.2) is 28.2 Å². The Labute approximate surface area is 65.0 Å². The van der Waals surface area contributed by atoms with Crippen molar-refractivity contribution in [2.75, 3.05) is 0 Å². The van der Waals surface area contributed by atoms with Crippen LogP contribution in [0.3, 0.4) is 0 Å². The van der Waals surface area contributed by atoms with E-state index < -0.39 is 6.09 Å². The molecule has 1 amide bonds. The van der Waals surface area contributed by atoms with E-state index in [0.717, 1.165) is 12.8 Å². The van der Waals surface area contributed by atoms with Crippen LogP contribution >= 0.6 is 0 Å². The molecule has 0 aromatic carbocycles. The van der Waals surface area contributed by atoms with E-state index >= 15 is 0 Å². The second-order valence-electron chi connectivity index (χ2n) is 3.17. The molecule has 1 saturated carbocycles. The number of carboxylic acid groups (broad SMARTS) is 1. The average molecular weight is 151 g/mol. The number of rotatable bonds is 0. The van der Waals surface area contributed by atoms with E-state index in [1.54, 1.807) is 0 Å². The van der Waals surface area contributed by atoms with Crippen molar-refractivity contribution < 1.29 is 9.90 Å². The summed E-state index contributed by atoms with van der Waals surface area (Å²) in [5.41, 5.74) is 0. The van der Waals surface area contributed by atoms with Gasteiger partial charge in [0.25, 0.3) is 0 Å². The SMILES string of the molecule is C#C[C@@H]1C[C@@H]2C[C@@H]2N1C(=O)O. The summed E-state index contributed by atoms with van der Waals surface area (Å²) >= 11 is 0. The first-order chi connectivity index (χ1) is 5.24. The molecule has 2 rings (SSSR count). The fraction of sp³-hybridized carbons (Fsp3) is 0.625. The highest BCUT2D eigenvalue weighted by Crippen LogP contribution is 2.47. The predicted molar refractivity (Wildman–Crippen MR) is 39.0 cm³/mol. The summed E-state index contributed by atoms with van der Waals surface area (Å²) in [5, 5.41) is 8.74. The minimum atomic E-state index is -0.863. The molecule has 2 fully saturated rings. The molecule has 0 aromatic heterocycles. The second-order valence-corrected chi connectivity index (χ2v) is 3.17. The lowest BCUT2D eigenvalue weighted by molar-refractivity contribution is 0.140. The molecule has 0 radical (unpaired) electrons. The minimum absolute atomic E-state index is 0.156. The molecule has 3 heteroatoms. The molecule has 2 aliphatic rings. The van der Waals surface area contributed by atoms with Crippen molar-refractivity contribution >= 4 is 6.09 Å². The Bertz CT molecular complexity index is 243. The van der Waals surface area contributed by atoms with E-state index in [9.17, 15) is 4.79 Å². The molecule has 3 atom stereocenters. The fourth-order valence-corrected chi connectivity index (χ4v) is 1.88. The first-order valence-electron chi connectivity index (χ1n) is 3.71. The Kier molecular flexibility index (Phi) is 1.14. The maximum absolute atomic E-state index is 10.6. The highest BCUT2D eigenvalue weighted by Gasteiger charge is 2.53. The Morgan fingerprint density at radius 1 is 1.64 bits per heavy atom. The molecule has 0 spiro atoms. The first-order valence-corrected chi connectivity index (χ1v) is 3.71. The van der Waals surface area contributed by atoms with Crippen molar-refractivity contribution in [1.82, 2.24) is 4.90 Å². The molecule has 1 N–H and O–H groups in total. The van der Waals surface area contributed by atoms with Gasteiger partial charge in [0.15, 0.2) is 0 Å². The monoisotopic (exact) mass is 151 g/mol. The van der Waals surface area contributed by atoms with E-state index in [0.29, 0.717) is 5.92 Å². The zero-order valence-electron chi connectivity index (χ0n) is 6.03. The third-order valence-corrected chi connectivity index (χ3v) is 2.52. The van der Waals surface area contributed by atoms with Crippen LogP contribution in [0, 0.1) is 18.3 Å². The smallest absolute Gasteiger partial charge is 0.408 e. The quantitative estimate of drug-likeness (QED) is 0.519. The van der Waals surface area contributed by atoms with Gasteiger partial charge in [-0.15, -0.1) is 6.42 Å². The van der Waals surface area contributed by atoms with Gasteiger partial charge in [-0.2, -0.15) is 0 Å². The number of terminal acetylenes is 1. The topological polar surface area (TPSA) is 40.5 Å². The molecule has 11 heavy (non-hydrogen) atoms. The van der Waals surface area contributed by atoms with Gasteiger partial charge in [0.1, 0.15) is 0 Å². The van der Waals surface area contributed by atoms with Crippen molar-refractivity contribution in [3.63, 3.8) is 0 Å². The molecular weight excluding hydrogens is 142 g/mol. The van der Waals surface area contributed by atoms with Gasteiger partial charge in [0, 0.05) is 6.04 Å². The molecule has 1 aliphatic heterocycles. The minimum Gasteiger partial charge on any atom is -0.465 e. The van der Waals surface area contributed by atoms with Gasteiger partial charge in [-0.05, 0) is 18.8 Å². The lowest BCUT2D eigenvalue weighted by Gasteiger charge is -2.19. The summed E-state index contributed by atoms with van der Waals surface area (Å²) in [6.45, 7) is 0. The summed E-state index contributed by atoms with van der Waals surface area (Å²) in [6, 6.07) is 0.0878. The van der Waals surface area contributed by atoms with Crippen molar-refractivity contribution in [2.45, 2.75) is 24.9 Å². The number of carbonyl (C=O) groups is 1. The van der Waals surface area contributed by atoms with E-state index in [1.807, 2.05) is 0 Å². The van der Waals surface area contributed by atoms with Crippen molar-refractivity contribution in [2.24, 2.45) is 5.92 Å². The Morgan fingerprint density at radius 3 is 2.82 bits per heavy atom. The van der Waals surface area contributed by atoms with Gasteiger partial charge in [-0.3, -0.25) is 4.90 Å². The molecule has 1 saturated heterocycles. The van der Waals surface area contributed by atoms with Gasteiger partial charge in [-0.25, -0.2) is 4.79 Å². The summed E-state index contributed by atoms with van der Waals surface area (Å²) in [6.07, 6.45) is 6.21. The van der Waals surface area contributed by atoms with Crippen LogP contribution in [0.15, 0.2) is 0 Å². The largest absolute Gasteiger partial charge is 0.465 e. The number of amides is 1. The van der Waals surface area contributed by atoms with Gasteiger partial charge in [-0.1, -0.05) is 5.92 Å². The molecular formula is C8H9NO2. The molecule has 1 aliphatic carbocycles. The van der Waals surface area contributed by atoms with Gasteiger partial charge >= 0.3 is 6.09 Å². The third kappa shape index (κ3) is 0.790. The lowest BCUT2D eigenvalue weighted by Crippen LogP contribution is -2.36. The van der Waals surface area contributed by atoms with Gasteiger partial charge < -0.3 is 5.11 Å². The van der Waals surface area contributed by atoms with Gasteiger partial charge in [0.05, 0.1) is 6.04 Å². The summed E-state index contributed by atoms with van der Waals surface area (Å²) in [7, 11) is 0. The standard InChI is InChI=1S/C8H9NO2/c1-2-6-3-5-4-7(5)9(6)8(10)11/h1,5-7H,3-4H2,(H,10,11)/t5-,6-,7+/m1/s1. The van der Waals surface area contributed by atoms with Crippen LogP contribution in [0.5, 0.6) is 0 Å². The first kappa shape index (κ1) is 6.53. The number of fused-ring (bicyclic) bond motifs is 1. The molecule has 58 valence electrons. The number of hydrogen-bond acceptors (Lipinski definition) is 1. The van der Waals surface area contributed by atoms with Crippen LogP contribution in [-0.2, 0) is 0 Å². The van der Waals surface area contributed by atoms with E-state index in [2.05, 4.69) is 5.92 Å². The predicted octanol–water partition coefficient (Wildman–Crippen LogP) is 0.760. The molecule has 0 bridgehead atoms. The van der Waals surface area contributed by atoms with Crippen molar-refractivity contribution in [1.29, 1.82) is 0 Å². The number of hydrogen-bond donors (Lipinski definition) is 1. The zero-order chi connectivity index (χ0) is 8.01. The molecule has 0 unspecified atom stereocenters. The van der Waals surface area contributed by atoms with E-state index in [4.69, 9.17) is 11.5 Å². The van der Waals surface area contributed by atoms with E-state index in [-0.39, 0.29) is 12.1 Å². The summed E-state index contributed by atoms with van der Waals surface area (Å²) in [4.78, 5) is 12.1. The molecule has 1 heterocycles. The average Bonchev–Trinajstić information content (AvgIpc) is 2.61. The number of likely N-dealkylation sites (tertiary alicyclic amines) is 1.